The van der Waals surface area contributed by atoms with Crippen molar-refractivity contribution >= 4 is 0 Å². The van der Waals surface area contributed by atoms with Gasteiger partial charge in [-0.05, 0) is 24.6 Å². The van der Waals surface area contributed by atoms with Crippen molar-refractivity contribution in [3.05, 3.63) is 35.4 Å². The first-order valence-corrected chi connectivity index (χ1v) is 6.08. The van der Waals surface area contributed by atoms with Gasteiger partial charge in [0.1, 0.15) is 0 Å². The number of hydrogen-bond donors (Lipinski definition) is 1. The molecule has 1 aromatic carbocycles. The average Bonchev–Trinajstić information content (AvgIpc) is 2.39. The van der Waals surface area contributed by atoms with Gasteiger partial charge in [0.05, 0.1) is 6.61 Å². The molecule has 2 heteroatoms. The minimum absolute atomic E-state index is 0.749. The third kappa shape index (κ3) is 7.57. The lowest BCUT2D eigenvalue weighted by molar-refractivity contribution is 0.199. The van der Waals surface area contributed by atoms with Gasteiger partial charge in [0.25, 0.3) is 0 Å². The summed E-state index contributed by atoms with van der Waals surface area (Å²) in [5.74, 6) is 5.90. The van der Waals surface area contributed by atoms with Gasteiger partial charge in [0.15, 0.2) is 0 Å². The fraction of sp³-hybridized carbons (Fsp3) is 0.467. The predicted molar refractivity (Wildman–Crippen MR) is 73.9 cm³/mol. The first-order valence-electron chi connectivity index (χ1n) is 6.08. The molecule has 0 amide bonds. The molecule has 0 saturated carbocycles. The lowest BCUT2D eigenvalue weighted by atomic mass is 10.1. The number of methoxy groups -OCH3 is 1. The molecule has 1 rings (SSSR count). The van der Waals surface area contributed by atoms with Gasteiger partial charge in [-0.25, -0.2) is 0 Å². The molecule has 1 aromatic rings. The van der Waals surface area contributed by atoms with Crippen molar-refractivity contribution < 1.29 is 4.74 Å². The lowest BCUT2D eigenvalue weighted by Crippen LogP contribution is -2.18. The molecular weight excluding hydrogens is 210 g/mol. The van der Waals surface area contributed by atoms with Crippen LogP contribution < -0.4 is 5.32 Å². The molecule has 0 atom stereocenters. The molecule has 0 aliphatic heterocycles. The number of rotatable bonds is 5. The third-order valence-corrected chi connectivity index (χ3v) is 2.04. The van der Waals surface area contributed by atoms with Crippen molar-refractivity contribution in [3.8, 4) is 11.8 Å². The Bertz CT molecular complexity index is 332. The molecule has 0 spiro atoms. The van der Waals surface area contributed by atoms with Crippen molar-refractivity contribution in [2.45, 2.75) is 27.3 Å². The molecule has 0 aromatic heterocycles. The van der Waals surface area contributed by atoms with Gasteiger partial charge < -0.3 is 10.1 Å². The van der Waals surface area contributed by atoms with Crippen molar-refractivity contribution in [1.29, 1.82) is 0 Å². The minimum Gasteiger partial charge on any atom is -0.383 e. The summed E-state index contributed by atoms with van der Waals surface area (Å²) in [6.45, 7) is 8.36. The molecular formula is C15H23NO. The van der Waals surface area contributed by atoms with Gasteiger partial charge in [-0.1, -0.05) is 31.9 Å². The maximum Gasteiger partial charge on any atom is 0.0587 e. The highest BCUT2D eigenvalue weighted by Gasteiger charge is 1.92. The van der Waals surface area contributed by atoms with Gasteiger partial charge in [0.2, 0.25) is 0 Å². The molecule has 1 N–H and O–H groups in total. The van der Waals surface area contributed by atoms with Crippen molar-refractivity contribution in [3.63, 3.8) is 0 Å². The zero-order valence-corrected chi connectivity index (χ0v) is 11.3. The molecule has 0 bridgehead atoms. The van der Waals surface area contributed by atoms with E-state index in [1.807, 2.05) is 32.9 Å². The van der Waals surface area contributed by atoms with E-state index in [1.165, 1.54) is 5.56 Å². The highest BCUT2D eigenvalue weighted by Crippen LogP contribution is 2.02. The van der Waals surface area contributed by atoms with E-state index in [2.05, 4.69) is 29.3 Å². The average molecular weight is 233 g/mol. The summed E-state index contributed by atoms with van der Waals surface area (Å²) in [5.41, 5.74) is 2.34. The first kappa shape index (κ1) is 15.7. The van der Waals surface area contributed by atoms with Crippen LogP contribution in [0.4, 0.5) is 0 Å². The quantitative estimate of drug-likeness (QED) is 0.624. The topological polar surface area (TPSA) is 21.3 Å². The monoisotopic (exact) mass is 233 g/mol. The molecule has 0 unspecified atom stereocenters. The summed E-state index contributed by atoms with van der Waals surface area (Å²) in [5, 5.41) is 3.29. The van der Waals surface area contributed by atoms with Crippen LogP contribution in [0.25, 0.3) is 0 Å². The first-order chi connectivity index (χ1) is 8.36. The minimum atomic E-state index is 0.749. The van der Waals surface area contributed by atoms with Crippen LogP contribution >= 0.6 is 0 Å². The Kier molecular flexibility index (Phi) is 10.3. The van der Waals surface area contributed by atoms with Crippen molar-refractivity contribution in [2.75, 3.05) is 20.3 Å². The Morgan fingerprint density at radius 3 is 2.35 bits per heavy atom. The van der Waals surface area contributed by atoms with Crippen LogP contribution in [0.15, 0.2) is 24.3 Å². The highest BCUT2D eigenvalue weighted by molar-refractivity contribution is 5.35. The Hall–Kier alpha value is -1.30. The van der Waals surface area contributed by atoms with Crippen LogP contribution in [-0.4, -0.2) is 20.3 Å². The van der Waals surface area contributed by atoms with Crippen LogP contribution in [0.3, 0.4) is 0 Å². The standard InChI is InChI=1S/C13H17NO.C2H6/c1-3-4-12-5-7-13(8-6-12)11-14-9-10-15-2;1-2/h5-8,14H,9-11H2,1-2H3;1-2H3. The number of ether oxygens (including phenoxy) is 1. The number of benzene rings is 1. The smallest absolute Gasteiger partial charge is 0.0587 e. The summed E-state index contributed by atoms with van der Waals surface area (Å²) in [4.78, 5) is 0. The Morgan fingerprint density at radius 1 is 1.18 bits per heavy atom. The summed E-state index contributed by atoms with van der Waals surface area (Å²) in [6.07, 6.45) is 0. The van der Waals surface area contributed by atoms with E-state index in [0.29, 0.717) is 0 Å². The van der Waals surface area contributed by atoms with Crippen LogP contribution in [0, 0.1) is 11.8 Å². The fourth-order valence-electron chi connectivity index (χ4n) is 1.26. The van der Waals surface area contributed by atoms with Gasteiger partial charge in [0, 0.05) is 25.8 Å². The van der Waals surface area contributed by atoms with Crippen LogP contribution in [-0.2, 0) is 11.3 Å². The molecule has 0 saturated heterocycles. The molecule has 0 aliphatic rings. The van der Waals surface area contributed by atoms with E-state index in [0.717, 1.165) is 25.3 Å². The zero-order chi connectivity index (χ0) is 12.9. The van der Waals surface area contributed by atoms with Gasteiger partial charge in [-0.2, -0.15) is 0 Å². The van der Waals surface area contributed by atoms with E-state index in [9.17, 15) is 0 Å². The van der Waals surface area contributed by atoms with Gasteiger partial charge in [-0.3, -0.25) is 0 Å². The predicted octanol–water partition coefficient (Wildman–Crippen LogP) is 2.82. The summed E-state index contributed by atoms with van der Waals surface area (Å²) >= 11 is 0. The summed E-state index contributed by atoms with van der Waals surface area (Å²) in [7, 11) is 1.71. The van der Waals surface area contributed by atoms with Crippen molar-refractivity contribution in [2.24, 2.45) is 0 Å². The maximum atomic E-state index is 4.95. The Morgan fingerprint density at radius 2 is 1.82 bits per heavy atom. The van der Waals surface area contributed by atoms with E-state index in [1.54, 1.807) is 7.11 Å². The Labute approximate surface area is 105 Å². The number of nitrogens with one attached hydrogen (secondary N) is 1. The fourth-order valence-corrected chi connectivity index (χ4v) is 1.26. The maximum absolute atomic E-state index is 4.95. The second-order valence-electron chi connectivity index (χ2n) is 3.24. The number of hydrogen-bond acceptors (Lipinski definition) is 2. The zero-order valence-electron chi connectivity index (χ0n) is 11.3. The SMILES string of the molecule is CC.CC#Cc1ccc(CNCCOC)cc1. The largest absolute Gasteiger partial charge is 0.383 e. The van der Waals surface area contributed by atoms with E-state index in [-0.39, 0.29) is 0 Å². The van der Waals surface area contributed by atoms with Crippen molar-refractivity contribution in [1.82, 2.24) is 5.32 Å². The second-order valence-corrected chi connectivity index (χ2v) is 3.24. The third-order valence-electron chi connectivity index (χ3n) is 2.04. The van der Waals surface area contributed by atoms with Gasteiger partial charge >= 0.3 is 0 Å². The molecule has 0 fully saturated rings. The molecule has 0 heterocycles. The van der Waals surface area contributed by atoms with Crippen LogP contribution in [0.1, 0.15) is 31.9 Å². The highest BCUT2D eigenvalue weighted by atomic mass is 16.5. The van der Waals surface area contributed by atoms with Crippen LogP contribution in [0.5, 0.6) is 0 Å². The van der Waals surface area contributed by atoms with Gasteiger partial charge in [-0.15, -0.1) is 5.92 Å². The molecule has 2 nitrogen and oxygen atoms in total. The Balaban J connectivity index is 0.00000121. The second kappa shape index (κ2) is 11.2. The summed E-state index contributed by atoms with van der Waals surface area (Å²) < 4.78 is 4.95. The van der Waals surface area contributed by atoms with E-state index in [4.69, 9.17) is 4.74 Å². The molecule has 0 radical (unpaired) electrons. The molecule has 0 aliphatic carbocycles. The summed E-state index contributed by atoms with van der Waals surface area (Å²) in [6, 6.07) is 8.28. The molecule has 17 heavy (non-hydrogen) atoms. The lowest BCUT2D eigenvalue weighted by Gasteiger charge is -2.03. The van der Waals surface area contributed by atoms with Crippen LogP contribution in [0.2, 0.25) is 0 Å². The van der Waals surface area contributed by atoms with E-state index < -0.39 is 0 Å². The molecule has 94 valence electrons. The van der Waals surface area contributed by atoms with E-state index >= 15 is 0 Å². The normalized spacial score (nSPS) is 8.71.